The molecule has 19 heavy (non-hydrogen) atoms. The number of anilines is 1. The molecule has 0 saturated heterocycles. The van der Waals surface area contributed by atoms with Gasteiger partial charge in [0.1, 0.15) is 11.2 Å². The number of carbonyl (C=O) groups is 1. The quantitative estimate of drug-likeness (QED) is 0.667. The second-order valence-corrected chi connectivity index (χ2v) is 5.71. The molecular weight excluding hydrogens is 264 g/mol. The van der Waals surface area contributed by atoms with E-state index in [-0.39, 0.29) is 11.1 Å². The van der Waals surface area contributed by atoms with Crippen molar-refractivity contribution in [3.05, 3.63) is 22.3 Å². The molecule has 0 aliphatic rings. The van der Waals surface area contributed by atoms with E-state index in [1.54, 1.807) is 40.8 Å². The first-order valence-corrected chi connectivity index (χ1v) is 6.16. The fourth-order valence-electron chi connectivity index (χ4n) is 1.37. The van der Waals surface area contributed by atoms with Crippen molar-refractivity contribution in [1.82, 2.24) is 10.4 Å². The highest BCUT2D eigenvalue weighted by atomic mass is 35.5. The summed E-state index contributed by atoms with van der Waals surface area (Å²) in [5, 5.41) is 10.9. The van der Waals surface area contributed by atoms with Gasteiger partial charge in [0.15, 0.2) is 5.82 Å². The fourth-order valence-corrected chi connectivity index (χ4v) is 1.61. The number of carbonyl (C=O) groups excluding carboxylic acids is 1. The zero-order chi connectivity index (χ0) is 14.8. The van der Waals surface area contributed by atoms with Crippen LogP contribution in [0.5, 0.6) is 0 Å². The Morgan fingerprint density at radius 1 is 1.53 bits per heavy atom. The van der Waals surface area contributed by atoms with E-state index in [1.165, 1.54) is 5.01 Å². The van der Waals surface area contributed by atoms with Gasteiger partial charge in [0, 0.05) is 12.5 Å². The van der Waals surface area contributed by atoms with Gasteiger partial charge in [-0.15, -0.1) is 0 Å². The minimum Gasteiger partial charge on any atom is -0.273 e. The van der Waals surface area contributed by atoms with Crippen molar-refractivity contribution >= 4 is 23.3 Å². The SMILES string of the molecule is Cc1cc(Cl)nc(N(C)NC(=O)C(C)(C)C)c1C#N. The molecule has 1 heterocycles. The van der Waals surface area contributed by atoms with Crippen molar-refractivity contribution in [3.8, 4) is 6.07 Å². The summed E-state index contributed by atoms with van der Waals surface area (Å²) in [7, 11) is 1.63. The summed E-state index contributed by atoms with van der Waals surface area (Å²) in [5.41, 5.74) is 3.26. The van der Waals surface area contributed by atoms with Crippen molar-refractivity contribution in [2.45, 2.75) is 27.7 Å². The molecular formula is C13H17ClN4O. The van der Waals surface area contributed by atoms with Crippen LogP contribution in [-0.2, 0) is 4.79 Å². The smallest absolute Gasteiger partial charge is 0.243 e. The first-order valence-electron chi connectivity index (χ1n) is 5.79. The molecule has 0 aromatic carbocycles. The fraction of sp³-hybridized carbons (Fsp3) is 0.462. The summed E-state index contributed by atoms with van der Waals surface area (Å²) >= 11 is 5.89. The summed E-state index contributed by atoms with van der Waals surface area (Å²) in [6.45, 7) is 7.18. The number of nitrogens with one attached hydrogen (secondary N) is 1. The third-order valence-corrected chi connectivity index (χ3v) is 2.74. The van der Waals surface area contributed by atoms with E-state index in [0.717, 1.165) is 0 Å². The molecule has 0 unspecified atom stereocenters. The van der Waals surface area contributed by atoms with E-state index < -0.39 is 5.41 Å². The summed E-state index contributed by atoms with van der Waals surface area (Å²) in [6.07, 6.45) is 0. The van der Waals surface area contributed by atoms with Crippen LogP contribution in [0.25, 0.3) is 0 Å². The zero-order valence-corrected chi connectivity index (χ0v) is 12.5. The number of amides is 1. The number of aryl methyl sites for hydroxylation is 1. The molecule has 0 spiro atoms. The number of pyridine rings is 1. The molecule has 0 radical (unpaired) electrons. The van der Waals surface area contributed by atoms with Gasteiger partial charge in [0.25, 0.3) is 0 Å². The van der Waals surface area contributed by atoms with Crippen LogP contribution >= 0.6 is 11.6 Å². The highest BCUT2D eigenvalue weighted by Crippen LogP contribution is 2.23. The minimum absolute atomic E-state index is 0.168. The van der Waals surface area contributed by atoms with Gasteiger partial charge in [0.2, 0.25) is 5.91 Å². The number of nitrogens with zero attached hydrogens (tertiary/aromatic N) is 3. The molecule has 1 N–H and O–H groups in total. The van der Waals surface area contributed by atoms with E-state index in [2.05, 4.69) is 16.5 Å². The van der Waals surface area contributed by atoms with Crippen molar-refractivity contribution in [2.24, 2.45) is 5.41 Å². The summed E-state index contributed by atoms with van der Waals surface area (Å²) < 4.78 is 0. The Bertz CT molecular complexity index is 543. The van der Waals surface area contributed by atoms with Gasteiger partial charge in [0.05, 0.1) is 5.56 Å². The van der Waals surface area contributed by atoms with Crippen LogP contribution in [-0.4, -0.2) is 17.9 Å². The van der Waals surface area contributed by atoms with E-state index >= 15 is 0 Å². The number of hydrogen-bond donors (Lipinski definition) is 1. The Balaban J connectivity index is 3.11. The maximum Gasteiger partial charge on any atom is 0.243 e. The molecule has 1 aromatic rings. The largest absolute Gasteiger partial charge is 0.273 e. The van der Waals surface area contributed by atoms with E-state index in [1.807, 2.05) is 0 Å². The third-order valence-electron chi connectivity index (χ3n) is 2.55. The number of nitriles is 1. The van der Waals surface area contributed by atoms with E-state index in [4.69, 9.17) is 16.9 Å². The second-order valence-electron chi connectivity index (χ2n) is 5.32. The monoisotopic (exact) mass is 280 g/mol. The second kappa shape index (κ2) is 5.45. The van der Waals surface area contributed by atoms with E-state index in [0.29, 0.717) is 16.9 Å². The highest BCUT2D eigenvalue weighted by molar-refractivity contribution is 6.29. The van der Waals surface area contributed by atoms with Crippen molar-refractivity contribution in [2.75, 3.05) is 12.1 Å². The number of halogens is 1. The molecule has 0 atom stereocenters. The van der Waals surface area contributed by atoms with Gasteiger partial charge < -0.3 is 0 Å². The first-order chi connectivity index (χ1) is 8.66. The Kier molecular flexibility index (Phi) is 4.38. The minimum atomic E-state index is -0.533. The maximum atomic E-state index is 11.9. The lowest BCUT2D eigenvalue weighted by Crippen LogP contribution is -2.45. The Morgan fingerprint density at radius 3 is 2.58 bits per heavy atom. The van der Waals surface area contributed by atoms with Gasteiger partial charge in [-0.25, -0.2) is 4.98 Å². The van der Waals surface area contributed by atoms with Crippen LogP contribution in [0.4, 0.5) is 5.82 Å². The third kappa shape index (κ3) is 3.58. The number of aromatic nitrogens is 1. The topological polar surface area (TPSA) is 69.0 Å². The predicted molar refractivity (Wildman–Crippen MR) is 74.7 cm³/mol. The molecule has 1 rings (SSSR count). The summed E-state index contributed by atoms with van der Waals surface area (Å²) in [5.74, 6) is 0.170. The standard InChI is InChI=1S/C13H17ClN4O/c1-8-6-10(14)16-11(9(8)7-15)18(5)17-12(19)13(2,3)4/h6H,1-5H3,(H,17,19). The Hall–Kier alpha value is -1.80. The zero-order valence-electron chi connectivity index (χ0n) is 11.7. The average Bonchev–Trinajstić information content (AvgIpc) is 2.26. The maximum absolute atomic E-state index is 11.9. The van der Waals surface area contributed by atoms with E-state index in [9.17, 15) is 4.79 Å². The van der Waals surface area contributed by atoms with Gasteiger partial charge in [-0.05, 0) is 18.6 Å². The average molecular weight is 281 g/mol. The molecule has 102 valence electrons. The van der Waals surface area contributed by atoms with Gasteiger partial charge in [-0.2, -0.15) is 5.26 Å². The number of rotatable bonds is 2. The lowest BCUT2D eigenvalue weighted by molar-refractivity contribution is -0.128. The number of hydrogen-bond acceptors (Lipinski definition) is 4. The Labute approximate surface area is 118 Å². The molecule has 0 saturated carbocycles. The molecule has 6 heteroatoms. The summed E-state index contributed by atoms with van der Waals surface area (Å²) in [4.78, 5) is 16.0. The van der Waals surface area contributed by atoms with Crippen LogP contribution < -0.4 is 10.4 Å². The van der Waals surface area contributed by atoms with Gasteiger partial charge >= 0.3 is 0 Å². The molecule has 0 bridgehead atoms. The molecule has 1 amide bonds. The van der Waals surface area contributed by atoms with Crippen LogP contribution in [0.15, 0.2) is 6.07 Å². The van der Waals surface area contributed by atoms with Gasteiger partial charge in [-0.3, -0.25) is 15.2 Å². The van der Waals surface area contributed by atoms with Crippen LogP contribution in [0.2, 0.25) is 5.15 Å². The molecule has 0 fully saturated rings. The van der Waals surface area contributed by atoms with Crippen molar-refractivity contribution < 1.29 is 4.79 Å². The molecule has 0 aliphatic heterocycles. The number of hydrazine groups is 1. The lowest BCUT2D eigenvalue weighted by Gasteiger charge is -2.25. The Morgan fingerprint density at radius 2 is 2.11 bits per heavy atom. The van der Waals surface area contributed by atoms with Crippen LogP contribution in [0, 0.1) is 23.7 Å². The highest BCUT2D eigenvalue weighted by Gasteiger charge is 2.24. The normalized spacial score (nSPS) is 10.8. The van der Waals surface area contributed by atoms with Crippen LogP contribution in [0.1, 0.15) is 31.9 Å². The van der Waals surface area contributed by atoms with Crippen LogP contribution in [0.3, 0.4) is 0 Å². The molecule has 1 aromatic heterocycles. The lowest BCUT2D eigenvalue weighted by atomic mass is 9.96. The van der Waals surface area contributed by atoms with Crippen molar-refractivity contribution in [3.63, 3.8) is 0 Å². The first kappa shape index (κ1) is 15.3. The predicted octanol–water partition coefficient (Wildman–Crippen LogP) is 2.43. The van der Waals surface area contributed by atoms with Crippen molar-refractivity contribution in [1.29, 1.82) is 5.26 Å². The molecule has 5 nitrogen and oxygen atoms in total. The molecule has 0 aliphatic carbocycles. The van der Waals surface area contributed by atoms with Gasteiger partial charge in [-0.1, -0.05) is 32.4 Å². The summed E-state index contributed by atoms with van der Waals surface area (Å²) in [6, 6.07) is 3.68.